The van der Waals surface area contributed by atoms with Crippen molar-refractivity contribution in [2.45, 2.75) is 24.6 Å². The first-order chi connectivity index (χ1) is 5.39. The first-order valence-corrected chi connectivity index (χ1v) is 4.23. The van der Waals surface area contributed by atoms with Crippen LogP contribution < -0.4 is 11.1 Å². The zero-order chi connectivity index (χ0) is 9.78. The van der Waals surface area contributed by atoms with Crippen LogP contribution in [0.25, 0.3) is 0 Å². The van der Waals surface area contributed by atoms with E-state index in [1.807, 2.05) is 0 Å². The Morgan fingerprint density at radius 3 is 2.50 bits per heavy atom. The van der Waals surface area contributed by atoms with E-state index in [-0.39, 0.29) is 0 Å². The van der Waals surface area contributed by atoms with Gasteiger partial charge in [0.15, 0.2) is 0 Å². The predicted molar refractivity (Wildman–Crippen MR) is 51.5 cm³/mol. The van der Waals surface area contributed by atoms with Gasteiger partial charge >= 0.3 is 5.97 Å². The van der Waals surface area contributed by atoms with Crippen molar-refractivity contribution in [2.24, 2.45) is 5.73 Å². The highest BCUT2D eigenvalue weighted by Gasteiger charge is 2.31. The van der Waals surface area contributed by atoms with Crippen LogP contribution in [-0.4, -0.2) is 35.0 Å². The molecule has 0 saturated carbocycles. The summed E-state index contributed by atoms with van der Waals surface area (Å²) in [6.07, 6.45) is 0. The molecule has 0 aromatic carbocycles. The average molecular weight is 192 g/mol. The van der Waals surface area contributed by atoms with Crippen molar-refractivity contribution in [3.63, 3.8) is 0 Å². The smallest absolute Gasteiger partial charge is 0.322 e. The van der Waals surface area contributed by atoms with Gasteiger partial charge < -0.3 is 16.2 Å². The summed E-state index contributed by atoms with van der Waals surface area (Å²) >= 11 is 4.18. The average Bonchev–Trinajstić information content (AvgIpc) is 1.84. The van der Waals surface area contributed by atoms with Crippen LogP contribution in [-0.2, 0) is 4.79 Å². The standard InChI is InChI=1S/C7H16N2O2S/c1-7(2,12)5(6(10)11)9-4-3-8/h5,9,12H,3-4,8H2,1-2H3,(H,10,11)/t5-/m1/s1. The van der Waals surface area contributed by atoms with E-state index in [4.69, 9.17) is 10.8 Å². The summed E-state index contributed by atoms with van der Waals surface area (Å²) in [6.45, 7) is 4.41. The molecule has 0 aromatic rings. The summed E-state index contributed by atoms with van der Waals surface area (Å²) in [5, 5.41) is 11.6. The zero-order valence-electron chi connectivity index (χ0n) is 7.37. The molecule has 0 fully saturated rings. The van der Waals surface area contributed by atoms with Crippen molar-refractivity contribution in [2.75, 3.05) is 13.1 Å². The summed E-state index contributed by atoms with van der Waals surface area (Å²) in [7, 11) is 0. The van der Waals surface area contributed by atoms with Crippen molar-refractivity contribution >= 4 is 18.6 Å². The van der Waals surface area contributed by atoms with E-state index in [0.29, 0.717) is 13.1 Å². The third kappa shape index (κ3) is 3.94. The van der Waals surface area contributed by atoms with E-state index in [1.54, 1.807) is 13.8 Å². The molecule has 4 N–H and O–H groups in total. The zero-order valence-corrected chi connectivity index (χ0v) is 8.27. The van der Waals surface area contributed by atoms with E-state index in [1.165, 1.54) is 0 Å². The molecule has 0 aliphatic heterocycles. The number of carboxylic acids is 1. The van der Waals surface area contributed by atoms with Gasteiger partial charge in [-0.2, -0.15) is 12.6 Å². The Balaban J connectivity index is 4.15. The number of hydrogen-bond donors (Lipinski definition) is 4. The van der Waals surface area contributed by atoms with Gasteiger partial charge in [-0.15, -0.1) is 0 Å². The molecular formula is C7H16N2O2S. The third-order valence-corrected chi connectivity index (χ3v) is 1.70. The minimum absolute atomic E-state index is 0.424. The molecule has 0 rings (SSSR count). The lowest BCUT2D eigenvalue weighted by molar-refractivity contribution is -0.140. The Kier molecular flexibility index (Phi) is 4.59. The van der Waals surface area contributed by atoms with Crippen LogP contribution in [0.5, 0.6) is 0 Å². The second kappa shape index (κ2) is 4.69. The Hall–Kier alpha value is -0.260. The van der Waals surface area contributed by atoms with Crippen molar-refractivity contribution in [1.82, 2.24) is 5.32 Å². The van der Waals surface area contributed by atoms with Gasteiger partial charge in [-0.05, 0) is 13.8 Å². The predicted octanol–water partition coefficient (Wildman–Crippen LogP) is -0.304. The lowest BCUT2D eigenvalue weighted by Crippen LogP contribution is -2.50. The van der Waals surface area contributed by atoms with Gasteiger partial charge in [0.25, 0.3) is 0 Å². The normalized spacial score (nSPS) is 14.3. The maximum Gasteiger partial charge on any atom is 0.322 e. The van der Waals surface area contributed by atoms with E-state index in [2.05, 4.69) is 17.9 Å². The molecule has 1 atom stereocenters. The second-order valence-corrected chi connectivity index (χ2v) is 4.32. The Labute approximate surface area is 77.9 Å². The Morgan fingerprint density at radius 1 is 1.75 bits per heavy atom. The van der Waals surface area contributed by atoms with E-state index >= 15 is 0 Å². The summed E-state index contributed by atoms with van der Waals surface area (Å²) < 4.78 is -0.582. The van der Waals surface area contributed by atoms with Crippen LogP contribution in [0, 0.1) is 0 Å². The number of nitrogens with one attached hydrogen (secondary N) is 1. The molecule has 0 bridgehead atoms. The summed E-state index contributed by atoms with van der Waals surface area (Å²) in [5.41, 5.74) is 5.24. The molecule has 0 aliphatic carbocycles. The summed E-state index contributed by atoms with van der Waals surface area (Å²) in [5.74, 6) is -0.900. The van der Waals surface area contributed by atoms with Gasteiger partial charge in [-0.25, -0.2) is 0 Å². The molecule has 0 aromatic heterocycles. The fourth-order valence-corrected chi connectivity index (χ4v) is 1.07. The largest absolute Gasteiger partial charge is 0.480 e. The second-order valence-electron chi connectivity index (χ2n) is 3.17. The molecule has 12 heavy (non-hydrogen) atoms. The van der Waals surface area contributed by atoms with Gasteiger partial charge in [0.1, 0.15) is 6.04 Å². The molecule has 0 heterocycles. The monoisotopic (exact) mass is 192 g/mol. The highest BCUT2D eigenvalue weighted by molar-refractivity contribution is 7.81. The van der Waals surface area contributed by atoms with Crippen LogP contribution in [0.3, 0.4) is 0 Å². The fourth-order valence-electron chi connectivity index (χ4n) is 0.867. The number of nitrogens with two attached hydrogens (primary N) is 1. The van der Waals surface area contributed by atoms with Crippen molar-refractivity contribution < 1.29 is 9.90 Å². The van der Waals surface area contributed by atoms with Crippen LogP contribution >= 0.6 is 12.6 Å². The van der Waals surface area contributed by atoms with Gasteiger partial charge in [0.05, 0.1) is 0 Å². The lowest BCUT2D eigenvalue weighted by atomic mass is 10.0. The number of carbonyl (C=O) groups is 1. The van der Waals surface area contributed by atoms with Crippen molar-refractivity contribution in [3.05, 3.63) is 0 Å². The van der Waals surface area contributed by atoms with Gasteiger partial charge in [-0.1, -0.05) is 0 Å². The molecular weight excluding hydrogens is 176 g/mol. The third-order valence-electron chi connectivity index (χ3n) is 1.45. The summed E-state index contributed by atoms with van der Waals surface area (Å²) in [6, 6.07) is -0.663. The topological polar surface area (TPSA) is 75.3 Å². The minimum Gasteiger partial charge on any atom is -0.480 e. The molecule has 0 radical (unpaired) electrons. The van der Waals surface area contributed by atoms with E-state index < -0.39 is 16.8 Å². The first-order valence-electron chi connectivity index (χ1n) is 3.78. The van der Waals surface area contributed by atoms with Gasteiger partial charge in [0.2, 0.25) is 0 Å². The number of aliphatic carboxylic acids is 1. The van der Waals surface area contributed by atoms with Crippen LogP contribution in [0.15, 0.2) is 0 Å². The number of carboxylic acid groups (broad SMARTS) is 1. The van der Waals surface area contributed by atoms with Gasteiger partial charge in [-0.3, -0.25) is 4.79 Å². The fraction of sp³-hybridized carbons (Fsp3) is 0.857. The van der Waals surface area contributed by atoms with Crippen LogP contribution in [0.2, 0.25) is 0 Å². The maximum absolute atomic E-state index is 10.7. The molecule has 72 valence electrons. The molecule has 0 unspecified atom stereocenters. The van der Waals surface area contributed by atoms with Crippen molar-refractivity contribution in [1.29, 1.82) is 0 Å². The molecule has 0 amide bonds. The molecule has 0 aliphatic rings. The molecule has 0 spiro atoms. The van der Waals surface area contributed by atoms with E-state index in [9.17, 15) is 4.79 Å². The van der Waals surface area contributed by atoms with Crippen LogP contribution in [0.1, 0.15) is 13.8 Å². The van der Waals surface area contributed by atoms with Gasteiger partial charge in [0, 0.05) is 17.8 Å². The quantitative estimate of drug-likeness (QED) is 0.451. The van der Waals surface area contributed by atoms with Crippen molar-refractivity contribution in [3.8, 4) is 0 Å². The highest BCUT2D eigenvalue weighted by Crippen LogP contribution is 2.17. The number of thiol groups is 1. The SMILES string of the molecule is CC(C)(S)[C@H](NCCN)C(=O)O. The van der Waals surface area contributed by atoms with E-state index in [0.717, 1.165) is 0 Å². The Morgan fingerprint density at radius 2 is 2.25 bits per heavy atom. The molecule has 4 nitrogen and oxygen atoms in total. The Bertz CT molecular complexity index is 156. The maximum atomic E-state index is 10.7. The summed E-state index contributed by atoms with van der Waals surface area (Å²) in [4.78, 5) is 10.7. The lowest BCUT2D eigenvalue weighted by Gasteiger charge is -2.26. The highest BCUT2D eigenvalue weighted by atomic mass is 32.1. The molecule has 0 saturated heterocycles. The number of rotatable bonds is 5. The molecule has 5 heteroatoms. The first kappa shape index (κ1) is 11.7. The minimum atomic E-state index is -0.900. The van der Waals surface area contributed by atoms with Crippen LogP contribution in [0.4, 0.5) is 0 Å². The number of hydrogen-bond acceptors (Lipinski definition) is 4.